The van der Waals surface area contributed by atoms with Crippen molar-refractivity contribution >= 4 is 40.1 Å². The molecule has 1 aromatic carbocycles. The van der Waals surface area contributed by atoms with E-state index < -0.39 is 0 Å². The van der Waals surface area contributed by atoms with Gasteiger partial charge < -0.3 is 15.8 Å². The van der Waals surface area contributed by atoms with Crippen molar-refractivity contribution in [3.63, 3.8) is 0 Å². The molecular formula is C13H12N2O2S2. The number of amides is 1. The van der Waals surface area contributed by atoms with Gasteiger partial charge in [-0.2, -0.15) is 0 Å². The number of benzene rings is 1. The van der Waals surface area contributed by atoms with Crippen LogP contribution in [0.1, 0.15) is 15.2 Å². The molecule has 1 aromatic heterocycles. The van der Waals surface area contributed by atoms with Crippen LogP contribution in [0.3, 0.4) is 0 Å². The number of nitrogens with two attached hydrogens (primary N) is 1. The van der Waals surface area contributed by atoms with E-state index in [0.29, 0.717) is 21.3 Å². The van der Waals surface area contributed by atoms with E-state index in [1.54, 1.807) is 42.8 Å². The Morgan fingerprint density at radius 2 is 2.21 bits per heavy atom. The van der Waals surface area contributed by atoms with Gasteiger partial charge in [-0.1, -0.05) is 24.4 Å². The van der Waals surface area contributed by atoms with Gasteiger partial charge in [0.05, 0.1) is 12.0 Å². The molecule has 6 heteroatoms. The Morgan fingerprint density at radius 1 is 1.42 bits per heavy atom. The van der Waals surface area contributed by atoms with Crippen LogP contribution < -0.4 is 15.8 Å². The second-order valence-corrected chi connectivity index (χ2v) is 5.10. The number of ether oxygens (including phenoxy) is 1. The van der Waals surface area contributed by atoms with Gasteiger partial charge in [-0.3, -0.25) is 4.79 Å². The summed E-state index contributed by atoms with van der Waals surface area (Å²) in [6, 6.07) is 8.80. The average molecular weight is 292 g/mol. The summed E-state index contributed by atoms with van der Waals surface area (Å²) in [5.74, 6) is 0.487. The third-order valence-corrected chi connectivity index (χ3v) is 3.58. The quantitative estimate of drug-likeness (QED) is 0.850. The van der Waals surface area contributed by atoms with Crippen molar-refractivity contribution in [1.29, 1.82) is 0 Å². The molecule has 0 saturated heterocycles. The zero-order valence-corrected chi connectivity index (χ0v) is 11.8. The number of methoxy groups -OCH3 is 1. The van der Waals surface area contributed by atoms with Gasteiger partial charge in [0.1, 0.15) is 10.7 Å². The topological polar surface area (TPSA) is 64.3 Å². The minimum atomic E-state index is -0.187. The van der Waals surface area contributed by atoms with E-state index in [0.717, 1.165) is 5.56 Å². The highest BCUT2D eigenvalue weighted by Gasteiger charge is 2.10. The van der Waals surface area contributed by atoms with Gasteiger partial charge in [0.2, 0.25) is 0 Å². The summed E-state index contributed by atoms with van der Waals surface area (Å²) in [4.78, 5) is 12.9. The van der Waals surface area contributed by atoms with Gasteiger partial charge in [0.15, 0.2) is 0 Å². The highest BCUT2D eigenvalue weighted by atomic mass is 32.1. The van der Waals surface area contributed by atoms with Crippen LogP contribution in [0.2, 0.25) is 0 Å². The monoisotopic (exact) mass is 292 g/mol. The summed E-state index contributed by atoms with van der Waals surface area (Å²) < 4.78 is 5.04. The first-order valence-corrected chi connectivity index (χ1v) is 6.72. The Kier molecular flexibility index (Phi) is 4.13. The van der Waals surface area contributed by atoms with Crippen molar-refractivity contribution in [3.8, 4) is 5.75 Å². The number of rotatable bonds is 4. The third kappa shape index (κ3) is 3.30. The molecule has 4 nitrogen and oxygen atoms in total. The number of carbonyl (C=O) groups excluding carboxylic acids is 1. The molecule has 0 atom stereocenters. The number of nitrogens with one attached hydrogen (secondary N) is 1. The smallest absolute Gasteiger partial charge is 0.265 e. The molecule has 2 aromatic rings. The van der Waals surface area contributed by atoms with E-state index in [1.807, 2.05) is 0 Å². The normalized spacial score (nSPS) is 9.95. The molecule has 0 aliphatic heterocycles. The zero-order chi connectivity index (χ0) is 13.8. The van der Waals surface area contributed by atoms with Gasteiger partial charge >= 0.3 is 0 Å². The lowest BCUT2D eigenvalue weighted by Gasteiger charge is -2.05. The first-order chi connectivity index (χ1) is 9.10. The molecular weight excluding hydrogens is 280 g/mol. The lowest BCUT2D eigenvalue weighted by molar-refractivity contribution is 0.103. The lowest BCUT2D eigenvalue weighted by atomic mass is 10.2. The summed E-state index contributed by atoms with van der Waals surface area (Å²) in [6.07, 6.45) is 0. The van der Waals surface area contributed by atoms with E-state index >= 15 is 0 Å². The predicted molar refractivity (Wildman–Crippen MR) is 81.2 cm³/mol. The van der Waals surface area contributed by atoms with E-state index in [4.69, 9.17) is 22.7 Å². The minimum absolute atomic E-state index is 0.187. The molecule has 0 saturated carbocycles. The molecule has 0 aliphatic carbocycles. The number of anilines is 1. The molecule has 98 valence electrons. The third-order valence-electron chi connectivity index (χ3n) is 2.44. The van der Waals surface area contributed by atoms with Crippen LogP contribution in [-0.4, -0.2) is 18.0 Å². The maximum atomic E-state index is 12.0. The van der Waals surface area contributed by atoms with E-state index in [2.05, 4.69) is 5.32 Å². The molecule has 0 unspecified atom stereocenters. The van der Waals surface area contributed by atoms with Crippen molar-refractivity contribution in [2.75, 3.05) is 12.4 Å². The molecule has 0 aliphatic rings. The Hall–Kier alpha value is -1.92. The Bertz CT molecular complexity index is 623. The van der Waals surface area contributed by atoms with E-state index in [-0.39, 0.29) is 5.91 Å². The lowest BCUT2D eigenvalue weighted by Crippen LogP contribution is -2.12. The maximum Gasteiger partial charge on any atom is 0.265 e. The molecule has 3 N–H and O–H groups in total. The van der Waals surface area contributed by atoms with E-state index in [9.17, 15) is 4.79 Å². The number of hydrogen-bond acceptors (Lipinski definition) is 4. The second-order valence-electron chi connectivity index (χ2n) is 3.75. The Labute approximate surface area is 120 Å². The second kappa shape index (κ2) is 5.81. The van der Waals surface area contributed by atoms with Crippen LogP contribution in [0.25, 0.3) is 0 Å². The summed E-state index contributed by atoms with van der Waals surface area (Å²) in [7, 11) is 1.56. The Balaban J connectivity index is 2.14. The van der Waals surface area contributed by atoms with Crippen LogP contribution in [0.5, 0.6) is 5.75 Å². The van der Waals surface area contributed by atoms with Crippen LogP contribution in [0.4, 0.5) is 5.69 Å². The van der Waals surface area contributed by atoms with Crippen molar-refractivity contribution in [2.45, 2.75) is 0 Å². The fraction of sp³-hybridized carbons (Fsp3) is 0.0769. The Morgan fingerprint density at radius 3 is 2.84 bits per heavy atom. The number of thiocarbonyl (C=S) groups is 1. The van der Waals surface area contributed by atoms with Crippen molar-refractivity contribution in [1.82, 2.24) is 0 Å². The van der Waals surface area contributed by atoms with Crippen molar-refractivity contribution in [3.05, 3.63) is 46.2 Å². The molecule has 0 fully saturated rings. The van der Waals surface area contributed by atoms with Gasteiger partial charge in [0, 0.05) is 22.7 Å². The van der Waals surface area contributed by atoms with Gasteiger partial charge in [-0.25, -0.2) is 0 Å². The highest BCUT2D eigenvalue weighted by Crippen LogP contribution is 2.22. The predicted octanol–water partition coefficient (Wildman–Crippen LogP) is 2.64. The molecule has 1 amide bonds. The highest BCUT2D eigenvalue weighted by molar-refractivity contribution is 7.80. The summed E-state index contributed by atoms with van der Waals surface area (Å²) in [6.45, 7) is 0. The molecule has 0 spiro atoms. The average Bonchev–Trinajstić information content (AvgIpc) is 2.88. The fourth-order valence-electron chi connectivity index (χ4n) is 1.49. The van der Waals surface area contributed by atoms with Crippen LogP contribution in [-0.2, 0) is 0 Å². The van der Waals surface area contributed by atoms with Crippen LogP contribution in [0.15, 0.2) is 35.7 Å². The fourth-order valence-corrected chi connectivity index (χ4v) is 2.36. The van der Waals surface area contributed by atoms with Crippen LogP contribution in [0, 0.1) is 0 Å². The molecule has 0 radical (unpaired) electrons. The number of hydrogen-bond donors (Lipinski definition) is 2. The van der Waals surface area contributed by atoms with Crippen LogP contribution >= 0.6 is 23.6 Å². The molecule has 0 bridgehead atoms. The number of carbonyl (C=O) groups is 1. The van der Waals surface area contributed by atoms with Crippen molar-refractivity contribution < 1.29 is 9.53 Å². The van der Waals surface area contributed by atoms with Gasteiger partial charge in [0.25, 0.3) is 5.91 Å². The zero-order valence-electron chi connectivity index (χ0n) is 10.2. The molecule has 19 heavy (non-hydrogen) atoms. The molecule has 2 rings (SSSR count). The van der Waals surface area contributed by atoms with Gasteiger partial charge in [-0.15, -0.1) is 11.3 Å². The summed E-state index contributed by atoms with van der Waals surface area (Å²) >= 11 is 6.22. The molecule has 1 heterocycles. The summed E-state index contributed by atoms with van der Waals surface area (Å²) in [5, 5.41) is 4.57. The summed E-state index contributed by atoms with van der Waals surface area (Å²) in [5.41, 5.74) is 6.92. The standard InChI is InChI=1S/C13H12N2O2S2/c1-17-10-6-11(19-7-10)13(16)15-9-4-2-3-8(5-9)12(14)18/h2-7H,1H3,(H2,14,18)(H,15,16). The minimum Gasteiger partial charge on any atom is -0.496 e. The number of thiophene rings is 1. The maximum absolute atomic E-state index is 12.0. The first kappa shape index (κ1) is 13.5. The van der Waals surface area contributed by atoms with Crippen molar-refractivity contribution in [2.24, 2.45) is 5.73 Å². The first-order valence-electron chi connectivity index (χ1n) is 5.44. The van der Waals surface area contributed by atoms with E-state index in [1.165, 1.54) is 11.3 Å². The largest absolute Gasteiger partial charge is 0.496 e. The SMILES string of the molecule is COc1csc(C(=O)Nc2cccc(C(N)=S)c2)c1. The van der Waals surface area contributed by atoms with Gasteiger partial charge in [-0.05, 0) is 12.1 Å².